The summed E-state index contributed by atoms with van der Waals surface area (Å²) in [6.07, 6.45) is 1.44. The first-order valence-electron chi connectivity index (χ1n) is 3.27. The minimum Gasteiger partial charge on any atom is -0.311 e. The van der Waals surface area contributed by atoms with Gasteiger partial charge in [0.15, 0.2) is 0 Å². The van der Waals surface area contributed by atoms with Crippen LogP contribution in [0.3, 0.4) is 0 Å². The van der Waals surface area contributed by atoms with Gasteiger partial charge < -0.3 is 9.80 Å². The summed E-state index contributed by atoms with van der Waals surface area (Å²) in [6.45, 7) is 5.19. The number of carbonyl (C=O) groups excluding carboxylic acids is 1. The largest absolute Gasteiger partial charge is 0.324 e. The number of carbonyl (C=O) groups is 1. The van der Waals surface area contributed by atoms with E-state index in [4.69, 9.17) is 11.6 Å². The number of halogens is 1. The van der Waals surface area contributed by atoms with Gasteiger partial charge in [-0.15, -0.1) is 0 Å². The van der Waals surface area contributed by atoms with Gasteiger partial charge >= 0.3 is 6.03 Å². The molecular weight excluding hydrogens is 164 g/mol. The quantitative estimate of drug-likeness (QED) is 0.464. The predicted octanol–water partition coefficient (Wildman–Crippen LogP) is 1.70. The number of amides is 2. The molecule has 0 bridgehead atoms. The first-order valence-corrected chi connectivity index (χ1v) is 3.70. The second-order valence-electron chi connectivity index (χ2n) is 2.26. The van der Waals surface area contributed by atoms with E-state index >= 15 is 0 Å². The Hall–Kier alpha value is -0.700. The lowest BCUT2D eigenvalue weighted by Gasteiger charge is -2.23. The molecule has 0 saturated heterocycles. The summed E-state index contributed by atoms with van der Waals surface area (Å²) in [5.41, 5.74) is -0.301. The first-order chi connectivity index (χ1) is 5.00. The zero-order valence-corrected chi connectivity index (χ0v) is 7.80. The third-order valence-electron chi connectivity index (χ3n) is 1.41. The van der Waals surface area contributed by atoms with Crippen molar-refractivity contribution in [2.75, 3.05) is 14.1 Å². The van der Waals surface area contributed by atoms with Gasteiger partial charge in [0.2, 0.25) is 0 Å². The topological polar surface area (TPSA) is 23.6 Å². The highest BCUT2D eigenvalue weighted by atomic mass is 35.5. The van der Waals surface area contributed by atoms with Crippen LogP contribution in [0.4, 0.5) is 4.79 Å². The Morgan fingerprint density at radius 3 is 2.36 bits per heavy atom. The van der Waals surface area contributed by atoms with E-state index in [1.54, 1.807) is 21.0 Å². The van der Waals surface area contributed by atoms with Crippen LogP contribution in [0.25, 0.3) is 0 Å². The van der Waals surface area contributed by atoms with E-state index in [9.17, 15) is 4.79 Å². The molecule has 0 aromatic rings. The Kier molecular flexibility index (Phi) is 3.97. The SMILES string of the molecule is C=CN(C)C(=O)N(C)C(C)Cl. The van der Waals surface area contributed by atoms with Crippen LogP contribution in [0, 0.1) is 0 Å². The molecule has 0 aromatic carbocycles. The normalized spacial score (nSPS) is 12.0. The monoisotopic (exact) mass is 176 g/mol. The highest BCUT2D eigenvalue weighted by molar-refractivity contribution is 6.20. The maximum absolute atomic E-state index is 11.2. The second kappa shape index (κ2) is 4.23. The Labute approximate surface area is 72.2 Å². The molecule has 0 N–H and O–H groups in total. The second-order valence-corrected chi connectivity index (χ2v) is 2.89. The molecule has 1 atom stereocenters. The highest BCUT2D eigenvalue weighted by Gasteiger charge is 2.14. The van der Waals surface area contributed by atoms with Crippen LogP contribution in [-0.4, -0.2) is 35.4 Å². The fraction of sp³-hybridized carbons (Fsp3) is 0.571. The smallest absolute Gasteiger partial charge is 0.311 e. The summed E-state index contributed by atoms with van der Waals surface area (Å²) in [5, 5.41) is 0. The number of hydrogen-bond donors (Lipinski definition) is 0. The molecule has 0 radical (unpaired) electrons. The van der Waals surface area contributed by atoms with Crippen molar-refractivity contribution in [2.24, 2.45) is 0 Å². The summed E-state index contributed by atoms with van der Waals surface area (Å²) in [5.74, 6) is 0. The Morgan fingerprint density at radius 1 is 1.64 bits per heavy atom. The average Bonchev–Trinajstić information content (AvgIpc) is 2.00. The van der Waals surface area contributed by atoms with E-state index in [-0.39, 0.29) is 11.5 Å². The molecule has 0 spiro atoms. The molecule has 0 aliphatic rings. The zero-order chi connectivity index (χ0) is 9.02. The van der Waals surface area contributed by atoms with Crippen LogP contribution in [0.15, 0.2) is 12.8 Å². The van der Waals surface area contributed by atoms with Gasteiger partial charge in [-0.1, -0.05) is 18.2 Å². The van der Waals surface area contributed by atoms with Gasteiger partial charge in [0.05, 0.1) is 0 Å². The van der Waals surface area contributed by atoms with E-state index in [2.05, 4.69) is 6.58 Å². The number of nitrogens with zero attached hydrogens (tertiary/aromatic N) is 2. The van der Waals surface area contributed by atoms with E-state index in [0.29, 0.717) is 0 Å². The van der Waals surface area contributed by atoms with Crippen molar-refractivity contribution < 1.29 is 4.79 Å². The fourth-order valence-corrected chi connectivity index (χ4v) is 0.563. The van der Waals surface area contributed by atoms with Crippen molar-refractivity contribution in [1.29, 1.82) is 0 Å². The standard InChI is InChI=1S/C7H13ClN2O/c1-5-9(3)7(11)10(4)6(2)8/h5-6H,1H2,2-4H3. The van der Waals surface area contributed by atoms with Crippen LogP contribution >= 0.6 is 11.6 Å². The molecule has 0 aliphatic heterocycles. The van der Waals surface area contributed by atoms with Crippen LogP contribution in [0.1, 0.15) is 6.92 Å². The third kappa shape index (κ3) is 2.80. The summed E-state index contributed by atoms with van der Waals surface area (Å²) in [6, 6.07) is -0.164. The molecular formula is C7H13ClN2O. The summed E-state index contributed by atoms with van der Waals surface area (Å²) in [7, 11) is 3.27. The van der Waals surface area contributed by atoms with Crippen molar-refractivity contribution in [3.05, 3.63) is 12.8 Å². The molecule has 1 unspecified atom stereocenters. The Balaban J connectivity index is 4.12. The minimum absolute atomic E-state index is 0.164. The van der Waals surface area contributed by atoms with Crippen LogP contribution in [-0.2, 0) is 0 Å². The number of urea groups is 1. The molecule has 3 nitrogen and oxygen atoms in total. The van der Waals surface area contributed by atoms with Gasteiger partial charge in [0, 0.05) is 20.3 Å². The third-order valence-corrected chi connectivity index (χ3v) is 1.70. The summed E-state index contributed by atoms with van der Waals surface area (Å²) < 4.78 is 0. The van der Waals surface area contributed by atoms with Crippen LogP contribution in [0.5, 0.6) is 0 Å². The molecule has 0 aromatic heterocycles. The van der Waals surface area contributed by atoms with Crippen LogP contribution in [0.2, 0.25) is 0 Å². The molecule has 0 aliphatic carbocycles. The fourth-order valence-electron chi connectivity index (χ4n) is 0.479. The molecule has 0 saturated carbocycles. The van der Waals surface area contributed by atoms with Crippen molar-refractivity contribution in [2.45, 2.75) is 12.4 Å². The van der Waals surface area contributed by atoms with E-state index in [1.807, 2.05) is 0 Å². The maximum atomic E-state index is 11.2. The van der Waals surface area contributed by atoms with Gasteiger partial charge in [-0.25, -0.2) is 4.79 Å². The zero-order valence-electron chi connectivity index (χ0n) is 7.04. The number of alkyl halides is 1. The highest BCUT2D eigenvalue weighted by Crippen LogP contribution is 2.03. The first kappa shape index (κ1) is 10.3. The molecule has 0 rings (SSSR count). The number of hydrogen-bond acceptors (Lipinski definition) is 1. The number of rotatable bonds is 2. The van der Waals surface area contributed by atoms with Gasteiger partial charge in [0.25, 0.3) is 0 Å². The molecule has 4 heteroatoms. The Bertz CT molecular complexity index is 159. The van der Waals surface area contributed by atoms with Crippen molar-refractivity contribution in [1.82, 2.24) is 9.80 Å². The van der Waals surface area contributed by atoms with Gasteiger partial charge in [0.1, 0.15) is 5.50 Å². The molecule has 0 heterocycles. The lowest BCUT2D eigenvalue weighted by Crippen LogP contribution is -2.38. The summed E-state index contributed by atoms with van der Waals surface area (Å²) in [4.78, 5) is 14.0. The molecule has 11 heavy (non-hydrogen) atoms. The van der Waals surface area contributed by atoms with Crippen molar-refractivity contribution >= 4 is 17.6 Å². The Morgan fingerprint density at radius 2 is 2.09 bits per heavy atom. The van der Waals surface area contributed by atoms with Gasteiger partial charge in [-0.2, -0.15) is 0 Å². The lowest BCUT2D eigenvalue weighted by atomic mass is 10.6. The van der Waals surface area contributed by atoms with E-state index in [1.165, 1.54) is 16.0 Å². The van der Waals surface area contributed by atoms with Crippen molar-refractivity contribution in [3.8, 4) is 0 Å². The lowest BCUT2D eigenvalue weighted by molar-refractivity contribution is 0.185. The van der Waals surface area contributed by atoms with E-state index < -0.39 is 0 Å². The average molecular weight is 177 g/mol. The maximum Gasteiger partial charge on any atom is 0.324 e. The van der Waals surface area contributed by atoms with Gasteiger partial charge in [-0.3, -0.25) is 0 Å². The molecule has 0 fully saturated rings. The minimum atomic E-state index is -0.301. The van der Waals surface area contributed by atoms with Crippen molar-refractivity contribution in [3.63, 3.8) is 0 Å². The van der Waals surface area contributed by atoms with Gasteiger partial charge in [-0.05, 0) is 6.92 Å². The molecule has 64 valence electrons. The van der Waals surface area contributed by atoms with E-state index in [0.717, 1.165) is 0 Å². The molecule has 2 amide bonds. The predicted molar refractivity (Wildman–Crippen MR) is 46.4 cm³/mol. The van der Waals surface area contributed by atoms with Crippen LogP contribution < -0.4 is 0 Å². The summed E-state index contributed by atoms with van der Waals surface area (Å²) >= 11 is 5.67.